The maximum absolute atomic E-state index is 13.1. The third kappa shape index (κ3) is 2.53. The fraction of sp³-hybridized carbons (Fsp3) is 0.588. The molecule has 1 unspecified atom stereocenters. The van der Waals surface area contributed by atoms with Gasteiger partial charge >= 0.3 is 0 Å². The van der Waals surface area contributed by atoms with Gasteiger partial charge in [0, 0.05) is 20.1 Å². The Bertz CT molecular complexity index is 541. The van der Waals surface area contributed by atoms with Crippen LogP contribution in [0.25, 0.3) is 0 Å². The number of para-hydroxylation sites is 2. The number of fused-ring (bicyclic) bond motifs is 1. The summed E-state index contributed by atoms with van der Waals surface area (Å²) >= 11 is 0. The second kappa shape index (κ2) is 5.34. The number of rotatable bonds is 1. The maximum Gasteiger partial charge on any atom is 0.244 e. The molecule has 2 aliphatic rings. The Morgan fingerprint density at radius 1 is 1.24 bits per heavy atom. The van der Waals surface area contributed by atoms with Crippen molar-refractivity contribution in [2.75, 3.05) is 36.5 Å². The molecule has 0 saturated carbocycles. The summed E-state index contributed by atoms with van der Waals surface area (Å²) in [5.41, 5.74) is 2.21. The molecule has 0 spiro atoms. The lowest BCUT2D eigenvalue weighted by molar-refractivity contribution is -0.124. The molecule has 3 rings (SSSR count). The van der Waals surface area contributed by atoms with Crippen LogP contribution in [0.1, 0.15) is 26.7 Å². The minimum Gasteiger partial charge on any atom is -0.371 e. The fourth-order valence-corrected chi connectivity index (χ4v) is 3.52. The van der Waals surface area contributed by atoms with Gasteiger partial charge in [-0.25, -0.2) is 0 Å². The van der Waals surface area contributed by atoms with Gasteiger partial charge in [-0.1, -0.05) is 26.0 Å². The zero-order valence-corrected chi connectivity index (χ0v) is 13.2. The summed E-state index contributed by atoms with van der Waals surface area (Å²) in [6, 6.07) is 8.11. The number of carbonyl (C=O) groups excluding carboxylic acids is 1. The molecule has 1 aromatic carbocycles. The largest absolute Gasteiger partial charge is 0.371 e. The third-order valence-corrected chi connectivity index (χ3v) is 4.88. The van der Waals surface area contributed by atoms with Crippen LogP contribution < -0.4 is 15.1 Å². The summed E-state index contributed by atoms with van der Waals surface area (Å²) in [6.07, 6.45) is 2.25. The number of hydrogen-bond donors (Lipinski definition) is 1. The van der Waals surface area contributed by atoms with Crippen molar-refractivity contribution < 1.29 is 4.79 Å². The van der Waals surface area contributed by atoms with Gasteiger partial charge in [-0.15, -0.1) is 0 Å². The molecule has 0 aliphatic carbocycles. The first-order valence-corrected chi connectivity index (χ1v) is 7.86. The summed E-state index contributed by atoms with van der Waals surface area (Å²) in [4.78, 5) is 17.3. The number of benzene rings is 1. The Labute approximate surface area is 127 Å². The van der Waals surface area contributed by atoms with Crippen LogP contribution in [0, 0.1) is 5.41 Å². The molecular formula is C17H25N3O. The van der Waals surface area contributed by atoms with Crippen molar-refractivity contribution in [3.8, 4) is 0 Å². The number of anilines is 2. The summed E-state index contributed by atoms with van der Waals surface area (Å²) in [5, 5.41) is 3.44. The monoisotopic (exact) mass is 287 g/mol. The molecule has 2 heterocycles. The molecule has 21 heavy (non-hydrogen) atoms. The van der Waals surface area contributed by atoms with Crippen molar-refractivity contribution in [2.24, 2.45) is 5.41 Å². The van der Waals surface area contributed by atoms with Crippen LogP contribution in [-0.4, -0.2) is 38.6 Å². The second-order valence-corrected chi connectivity index (χ2v) is 6.88. The highest BCUT2D eigenvalue weighted by Gasteiger charge is 2.40. The van der Waals surface area contributed by atoms with Gasteiger partial charge in [-0.3, -0.25) is 4.79 Å². The van der Waals surface area contributed by atoms with E-state index in [1.165, 1.54) is 0 Å². The van der Waals surface area contributed by atoms with E-state index in [-0.39, 0.29) is 17.4 Å². The number of carbonyl (C=O) groups is 1. The second-order valence-electron chi connectivity index (χ2n) is 6.88. The SMILES string of the molecule is CN1CCN(C(=O)C2NCCCC2(C)C)c2ccccc21. The van der Waals surface area contributed by atoms with Crippen LogP contribution in [-0.2, 0) is 4.79 Å². The first kappa shape index (κ1) is 14.4. The molecule has 4 nitrogen and oxygen atoms in total. The highest BCUT2D eigenvalue weighted by molar-refractivity contribution is 6.01. The minimum absolute atomic E-state index is 0.0215. The molecule has 0 aromatic heterocycles. The summed E-state index contributed by atoms with van der Waals surface area (Å²) in [5.74, 6) is 0.222. The first-order chi connectivity index (χ1) is 10.0. The van der Waals surface area contributed by atoms with E-state index in [9.17, 15) is 4.79 Å². The van der Waals surface area contributed by atoms with Gasteiger partial charge in [0.2, 0.25) is 5.91 Å². The van der Waals surface area contributed by atoms with Crippen LogP contribution in [0.2, 0.25) is 0 Å². The quantitative estimate of drug-likeness (QED) is 0.860. The van der Waals surface area contributed by atoms with Crippen molar-refractivity contribution in [1.29, 1.82) is 0 Å². The number of nitrogens with one attached hydrogen (secondary N) is 1. The standard InChI is InChI=1S/C17H25N3O/c1-17(2)9-6-10-18-15(17)16(21)20-12-11-19(3)13-7-4-5-8-14(13)20/h4-5,7-8,15,18H,6,9-12H2,1-3H3. The van der Waals surface area contributed by atoms with Crippen molar-refractivity contribution >= 4 is 17.3 Å². The van der Waals surface area contributed by atoms with Crippen molar-refractivity contribution in [3.63, 3.8) is 0 Å². The van der Waals surface area contributed by atoms with Crippen LogP contribution in [0.4, 0.5) is 11.4 Å². The van der Waals surface area contributed by atoms with E-state index in [1.807, 2.05) is 17.0 Å². The molecular weight excluding hydrogens is 262 g/mol. The van der Waals surface area contributed by atoms with Gasteiger partial charge in [-0.2, -0.15) is 0 Å². The van der Waals surface area contributed by atoms with E-state index in [1.54, 1.807) is 0 Å². The zero-order chi connectivity index (χ0) is 15.0. The highest BCUT2D eigenvalue weighted by atomic mass is 16.2. The molecule has 1 saturated heterocycles. The molecule has 1 amide bonds. The van der Waals surface area contributed by atoms with Crippen LogP contribution >= 0.6 is 0 Å². The van der Waals surface area contributed by atoms with Crippen LogP contribution in [0.3, 0.4) is 0 Å². The molecule has 1 fully saturated rings. The minimum atomic E-state index is -0.0808. The Balaban J connectivity index is 1.90. The van der Waals surface area contributed by atoms with Crippen molar-refractivity contribution in [3.05, 3.63) is 24.3 Å². The lowest BCUT2D eigenvalue weighted by Gasteiger charge is -2.43. The number of piperidine rings is 1. The van der Waals surface area contributed by atoms with E-state index in [0.717, 1.165) is 43.9 Å². The first-order valence-electron chi connectivity index (χ1n) is 7.86. The number of hydrogen-bond acceptors (Lipinski definition) is 3. The van der Waals surface area contributed by atoms with Gasteiger partial charge in [0.1, 0.15) is 0 Å². The Morgan fingerprint density at radius 3 is 2.67 bits per heavy atom. The molecule has 1 N–H and O–H groups in total. The average molecular weight is 287 g/mol. The van der Waals surface area contributed by atoms with E-state index in [0.29, 0.717) is 0 Å². The predicted molar refractivity (Wildman–Crippen MR) is 86.9 cm³/mol. The summed E-state index contributed by atoms with van der Waals surface area (Å²) < 4.78 is 0. The summed E-state index contributed by atoms with van der Waals surface area (Å²) in [6.45, 7) is 6.99. The number of nitrogens with zero attached hydrogens (tertiary/aromatic N) is 2. The van der Waals surface area contributed by atoms with Gasteiger partial charge in [0.05, 0.1) is 17.4 Å². The topological polar surface area (TPSA) is 35.6 Å². The lowest BCUT2D eigenvalue weighted by Crippen LogP contribution is -2.58. The molecule has 0 radical (unpaired) electrons. The third-order valence-electron chi connectivity index (χ3n) is 4.88. The van der Waals surface area contributed by atoms with Crippen molar-refractivity contribution in [1.82, 2.24) is 5.32 Å². The molecule has 114 valence electrons. The van der Waals surface area contributed by atoms with E-state index < -0.39 is 0 Å². The maximum atomic E-state index is 13.1. The van der Waals surface area contributed by atoms with Crippen molar-refractivity contribution in [2.45, 2.75) is 32.7 Å². The van der Waals surface area contributed by atoms with E-state index in [2.05, 4.69) is 43.2 Å². The van der Waals surface area contributed by atoms with Crippen LogP contribution in [0.5, 0.6) is 0 Å². The molecule has 2 aliphatic heterocycles. The molecule has 1 aromatic rings. The Morgan fingerprint density at radius 2 is 1.95 bits per heavy atom. The molecule has 1 atom stereocenters. The molecule has 0 bridgehead atoms. The molecule has 4 heteroatoms. The smallest absolute Gasteiger partial charge is 0.244 e. The Hall–Kier alpha value is -1.55. The number of likely N-dealkylation sites (N-methyl/N-ethyl adjacent to an activating group) is 1. The van der Waals surface area contributed by atoms with Gasteiger partial charge in [-0.05, 0) is 36.9 Å². The number of amides is 1. The summed E-state index contributed by atoms with van der Waals surface area (Å²) in [7, 11) is 2.09. The van der Waals surface area contributed by atoms with Crippen LogP contribution in [0.15, 0.2) is 24.3 Å². The fourth-order valence-electron chi connectivity index (χ4n) is 3.52. The lowest BCUT2D eigenvalue weighted by atomic mass is 9.77. The van der Waals surface area contributed by atoms with E-state index >= 15 is 0 Å². The van der Waals surface area contributed by atoms with Gasteiger partial charge in [0.15, 0.2) is 0 Å². The normalized spacial score (nSPS) is 24.6. The van der Waals surface area contributed by atoms with Gasteiger partial charge in [0.25, 0.3) is 0 Å². The highest BCUT2D eigenvalue weighted by Crippen LogP contribution is 2.36. The predicted octanol–water partition coefficient (Wildman–Crippen LogP) is 2.25. The average Bonchev–Trinajstić information content (AvgIpc) is 2.47. The zero-order valence-electron chi connectivity index (χ0n) is 13.2. The van der Waals surface area contributed by atoms with E-state index in [4.69, 9.17) is 0 Å². The van der Waals surface area contributed by atoms with Gasteiger partial charge < -0.3 is 15.1 Å². The Kier molecular flexibility index (Phi) is 3.66.